The van der Waals surface area contributed by atoms with Gasteiger partial charge < -0.3 is 38.8 Å². The van der Waals surface area contributed by atoms with Gasteiger partial charge in [0.05, 0.1) is 19.3 Å². The molecule has 0 spiro atoms. The molecule has 2 N–H and O–H groups in total. The molecule has 0 bridgehead atoms. The summed E-state index contributed by atoms with van der Waals surface area (Å²) in [5, 5.41) is 13.9. The zero-order chi connectivity index (χ0) is 38.1. The number of ether oxygens (including phenoxy) is 6. The van der Waals surface area contributed by atoms with Gasteiger partial charge in [0.15, 0.2) is 18.5 Å². The third-order valence-corrected chi connectivity index (χ3v) is 13.8. The molecule has 13 nitrogen and oxygen atoms in total. The summed E-state index contributed by atoms with van der Waals surface area (Å²) in [4.78, 5) is 61.3. The lowest BCUT2D eigenvalue weighted by Gasteiger charge is -2.63. The Morgan fingerprint density at radius 2 is 1.50 bits per heavy atom. The first kappa shape index (κ1) is 40.4. The fourth-order valence-corrected chi connectivity index (χ4v) is 11.6. The Hall–Kier alpha value is -2.77. The van der Waals surface area contributed by atoms with Crippen LogP contribution in [0.15, 0.2) is 0 Å². The van der Waals surface area contributed by atoms with Crippen LogP contribution in [0, 0.1) is 46.3 Å². The van der Waals surface area contributed by atoms with Crippen LogP contribution in [-0.4, -0.2) is 91.5 Å². The molecular formula is C39H61NO12. The van der Waals surface area contributed by atoms with E-state index in [1.54, 1.807) is 0 Å². The van der Waals surface area contributed by atoms with E-state index >= 15 is 0 Å². The van der Waals surface area contributed by atoms with Gasteiger partial charge >= 0.3 is 23.9 Å². The van der Waals surface area contributed by atoms with Crippen molar-refractivity contribution in [3.8, 4) is 0 Å². The molecule has 4 aliphatic carbocycles. The first-order chi connectivity index (χ1) is 24.5. The first-order valence-electron chi connectivity index (χ1n) is 19.3. The Labute approximate surface area is 307 Å². The van der Waals surface area contributed by atoms with E-state index < -0.39 is 60.6 Å². The van der Waals surface area contributed by atoms with Gasteiger partial charge in [-0.3, -0.25) is 24.0 Å². The lowest BCUT2D eigenvalue weighted by Crippen LogP contribution is -2.68. The predicted molar refractivity (Wildman–Crippen MR) is 186 cm³/mol. The van der Waals surface area contributed by atoms with Crippen molar-refractivity contribution in [2.45, 2.75) is 156 Å². The number of aliphatic hydroxyl groups is 1. The molecule has 0 aromatic carbocycles. The van der Waals surface area contributed by atoms with Crippen LogP contribution in [0.5, 0.6) is 0 Å². The van der Waals surface area contributed by atoms with Gasteiger partial charge in [-0.1, -0.05) is 20.8 Å². The minimum Gasteiger partial charge on any atom is -0.469 e. The van der Waals surface area contributed by atoms with Crippen LogP contribution in [0.4, 0.5) is 0 Å². The van der Waals surface area contributed by atoms with Crippen LogP contribution in [0.1, 0.15) is 113 Å². The van der Waals surface area contributed by atoms with Gasteiger partial charge in [0.25, 0.3) is 0 Å². The number of carbonyl (C=O) groups is 5. The van der Waals surface area contributed by atoms with E-state index in [1.807, 2.05) is 0 Å². The van der Waals surface area contributed by atoms with Gasteiger partial charge in [0.1, 0.15) is 18.8 Å². The number of fused-ring (bicyclic) bond motifs is 5. The molecular weight excluding hydrogens is 674 g/mol. The second-order valence-corrected chi connectivity index (χ2v) is 16.9. The van der Waals surface area contributed by atoms with Gasteiger partial charge in [-0.05, 0) is 104 Å². The number of amides is 1. The van der Waals surface area contributed by atoms with E-state index in [0.29, 0.717) is 42.4 Å². The second kappa shape index (κ2) is 16.3. The molecule has 1 amide bonds. The summed E-state index contributed by atoms with van der Waals surface area (Å²) in [5.41, 5.74) is -0.0148. The van der Waals surface area contributed by atoms with Crippen LogP contribution >= 0.6 is 0 Å². The number of nitrogens with one attached hydrogen (secondary N) is 1. The highest BCUT2D eigenvalue weighted by molar-refractivity contribution is 5.73. The normalized spacial score (nSPS) is 41.6. The van der Waals surface area contributed by atoms with E-state index in [0.717, 1.165) is 51.4 Å². The van der Waals surface area contributed by atoms with Crippen LogP contribution in [-0.2, 0) is 52.4 Å². The number of carbonyl (C=O) groups excluding carboxylic acids is 5. The van der Waals surface area contributed by atoms with Crippen LogP contribution in [0.2, 0.25) is 0 Å². The fraction of sp³-hybridized carbons (Fsp3) is 0.872. The minimum absolute atomic E-state index is 0.00935. The van der Waals surface area contributed by atoms with Gasteiger partial charge in [-0.2, -0.15) is 0 Å². The molecule has 13 heteroatoms. The van der Waals surface area contributed by atoms with E-state index in [4.69, 9.17) is 28.4 Å². The Bertz CT molecular complexity index is 1340. The van der Waals surface area contributed by atoms with Crippen molar-refractivity contribution in [2.75, 3.05) is 13.7 Å². The van der Waals surface area contributed by atoms with Crippen molar-refractivity contribution in [3.63, 3.8) is 0 Å². The van der Waals surface area contributed by atoms with Crippen LogP contribution in [0.25, 0.3) is 0 Å². The molecule has 0 radical (unpaired) electrons. The SMILES string of the molecule is COC(=O)CC[C@@H](C)[C@H]1CC[C@H]2[C@@H]3C[C@H](O[C@@H]4O[C@H](COC(C)=O)[C@@H](OC(C)=O)[C@H](OC(C)=O)[C@H]4NC(C)=O)[C@@H]4C[C@H](O)CC[C@]4(C)[C@H]3CC[C@]12C. The molecule has 0 aromatic heterocycles. The molecule has 5 fully saturated rings. The number of esters is 4. The van der Waals surface area contributed by atoms with Gasteiger partial charge in [-0.25, -0.2) is 0 Å². The third-order valence-electron chi connectivity index (χ3n) is 13.8. The summed E-state index contributed by atoms with van der Waals surface area (Å²) in [6.07, 6.45) is 3.03. The van der Waals surface area contributed by atoms with Crippen molar-refractivity contribution in [3.05, 3.63) is 0 Å². The molecule has 5 rings (SSSR count). The smallest absolute Gasteiger partial charge is 0.305 e. The molecule has 1 saturated heterocycles. The number of aliphatic hydroxyl groups excluding tert-OH is 1. The van der Waals surface area contributed by atoms with E-state index in [2.05, 4.69) is 26.1 Å². The molecule has 4 saturated carbocycles. The van der Waals surface area contributed by atoms with Gasteiger partial charge in [-0.15, -0.1) is 0 Å². The highest BCUT2D eigenvalue weighted by atomic mass is 16.7. The largest absolute Gasteiger partial charge is 0.469 e. The van der Waals surface area contributed by atoms with E-state index in [-0.39, 0.29) is 35.4 Å². The van der Waals surface area contributed by atoms with E-state index in [9.17, 15) is 29.1 Å². The summed E-state index contributed by atoms with van der Waals surface area (Å²) in [5.74, 6) is -0.412. The Morgan fingerprint density at radius 1 is 0.846 bits per heavy atom. The molecule has 1 heterocycles. The lowest BCUT2D eigenvalue weighted by molar-refractivity contribution is -0.307. The van der Waals surface area contributed by atoms with Crippen molar-refractivity contribution in [1.82, 2.24) is 5.32 Å². The standard InChI is InChI=1S/C39H61NO12/c1-20(9-12-33(46)47-8)27-10-11-28-26-18-31(30-17-25(45)13-15-39(30,7)29(26)14-16-38(27,28)6)51-37-34(40-21(2)41)36(50-24(5)44)35(49-23(4)43)32(52-37)19-48-22(3)42/h20,25-32,34-37,45H,9-19H2,1-8H3,(H,40,41)/t20-,25-,26+,27-,28+,29+,30+,31+,32-,34-,35-,36-,37-,38-,39-/m1/s1. The molecule has 5 aliphatic rings. The Kier molecular flexibility index (Phi) is 12.7. The van der Waals surface area contributed by atoms with Crippen LogP contribution < -0.4 is 5.32 Å². The zero-order valence-electron chi connectivity index (χ0n) is 32.2. The summed E-state index contributed by atoms with van der Waals surface area (Å²) in [7, 11) is 1.44. The first-order valence-corrected chi connectivity index (χ1v) is 19.3. The molecule has 0 unspecified atom stereocenters. The van der Waals surface area contributed by atoms with Gasteiger partial charge in [0.2, 0.25) is 5.91 Å². The third kappa shape index (κ3) is 8.31. The topological polar surface area (TPSA) is 173 Å². The summed E-state index contributed by atoms with van der Waals surface area (Å²) in [6.45, 7) is 11.8. The number of hydrogen-bond donors (Lipinski definition) is 2. The van der Waals surface area contributed by atoms with Crippen LogP contribution in [0.3, 0.4) is 0 Å². The fourth-order valence-electron chi connectivity index (χ4n) is 11.6. The van der Waals surface area contributed by atoms with E-state index in [1.165, 1.54) is 34.8 Å². The monoisotopic (exact) mass is 735 g/mol. The lowest BCUT2D eigenvalue weighted by atomic mass is 9.43. The minimum atomic E-state index is -1.20. The summed E-state index contributed by atoms with van der Waals surface area (Å²) >= 11 is 0. The number of rotatable bonds is 11. The average molecular weight is 736 g/mol. The van der Waals surface area contributed by atoms with Crippen molar-refractivity contribution < 1.29 is 57.5 Å². The molecule has 0 aromatic rings. The zero-order valence-corrected chi connectivity index (χ0v) is 32.2. The second-order valence-electron chi connectivity index (χ2n) is 16.9. The van der Waals surface area contributed by atoms with Crippen molar-refractivity contribution in [1.29, 1.82) is 0 Å². The van der Waals surface area contributed by atoms with Crippen molar-refractivity contribution in [2.24, 2.45) is 46.3 Å². The predicted octanol–water partition coefficient (Wildman–Crippen LogP) is 4.25. The highest BCUT2D eigenvalue weighted by Gasteiger charge is 2.63. The molecule has 15 atom stereocenters. The number of hydrogen-bond acceptors (Lipinski definition) is 12. The Balaban J connectivity index is 1.48. The van der Waals surface area contributed by atoms with Crippen molar-refractivity contribution >= 4 is 29.8 Å². The van der Waals surface area contributed by atoms with Gasteiger partial charge in [0, 0.05) is 34.1 Å². The Morgan fingerprint density at radius 3 is 2.13 bits per heavy atom. The molecule has 294 valence electrons. The molecule has 1 aliphatic heterocycles. The maximum absolute atomic E-state index is 12.7. The number of methoxy groups -OCH3 is 1. The average Bonchev–Trinajstić information content (AvgIpc) is 3.42. The molecule has 52 heavy (non-hydrogen) atoms. The highest BCUT2D eigenvalue weighted by Crippen LogP contribution is 2.68. The maximum Gasteiger partial charge on any atom is 0.305 e. The quantitative estimate of drug-likeness (QED) is 0.176. The summed E-state index contributed by atoms with van der Waals surface area (Å²) < 4.78 is 35.1. The maximum atomic E-state index is 12.7. The summed E-state index contributed by atoms with van der Waals surface area (Å²) in [6, 6.07) is -1.06.